The average Bonchev–Trinajstić information content (AvgIpc) is 2.03. The van der Waals surface area contributed by atoms with E-state index in [0.29, 0.717) is 0 Å². The van der Waals surface area contributed by atoms with E-state index in [4.69, 9.17) is 4.74 Å². The summed E-state index contributed by atoms with van der Waals surface area (Å²) < 4.78 is 5.23. The summed E-state index contributed by atoms with van der Waals surface area (Å²) in [5.41, 5.74) is 0.267. The van der Waals surface area contributed by atoms with Gasteiger partial charge in [-0.3, -0.25) is 0 Å². The number of ether oxygens (including phenoxy) is 1. The zero-order chi connectivity index (χ0) is 9.61. The van der Waals surface area contributed by atoms with Crippen LogP contribution in [0.5, 0.6) is 0 Å². The summed E-state index contributed by atoms with van der Waals surface area (Å²) in [7, 11) is 1.76. The van der Waals surface area contributed by atoms with E-state index in [1.807, 2.05) is 0 Å². The van der Waals surface area contributed by atoms with Gasteiger partial charge in [0.15, 0.2) is 0 Å². The van der Waals surface area contributed by atoms with E-state index in [0.717, 1.165) is 23.2 Å². The predicted octanol–water partition coefficient (Wildman–Crippen LogP) is 3.46. The molecule has 74 valence electrons. The van der Waals surface area contributed by atoms with Crippen LogP contribution in [-0.4, -0.2) is 24.4 Å². The van der Waals surface area contributed by atoms with Gasteiger partial charge in [-0.25, -0.2) is 0 Å². The molecule has 0 amide bonds. The summed E-state index contributed by atoms with van der Waals surface area (Å²) >= 11 is 7.11. The maximum absolute atomic E-state index is 5.23. The Balaban J connectivity index is 4.13. The Morgan fingerprint density at radius 1 is 1.25 bits per heavy atom. The highest BCUT2D eigenvalue weighted by Gasteiger charge is 2.28. The van der Waals surface area contributed by atoms with E-state index in [1.54, 1.807) is 7.11 Å². The molecule has 0 rings (SSSR count). The first-order valence-corrected chi connectivity index (χ1v) is 6.45. The Kier molecular flexibility index (Phi) is 6.87. The molecule has 3 heteroatoms. The first kappa shape index (κ1) is 12.9. The van der Waals surface area contributed by atoms with Crippen molar-refractivity contribution in [2.24, 2.45) is 11.3 Å². The number of alkyl halides is 2. The van der Waals surface area contributed by atoms with Gasteiger partial charge in [0.1, 0.15) is 0 Å². The quantitative estimate of drug-likeness (QED) is 0.683. The van der Waals surface area contributed by atoms with Gasteiger partial charge in [-0.1, -0.05) is 45.7 Å². The van der Waals surface area contributed by atoms with Gasteiger partial charge in [0.05, 0.1) is 6.61 Å². The van der Waals surface area contributed by atoms with Crippen molar-refractivity contribution in [1.29, 1.82) is 0 Å². The Labute approximate surface area is 92.5 Å². The van der Waals surface area contributed by atoms with Crippen molar-refractivity contribution < 1.29 is 4.74 Å². The fourth-order valence-corrected chi connectivity index (χ4v) is 3.16. The van der Waals surface area contributed by atoms with E-state index >= 15 is 0 Å². The van der Waals surface area contributed by atoms with Crippen LogP contribution < -0.4 is 0 Å². The smallest absolute Gasteiger partial charge is 0.0534 e. The molecule has 0 aromatic rings. The lowest BCUT2D eigenvalue weighted by Crippen LogP contribution is -2.31. The second-order valence-corrected chi connectivity index (χ2v) is 4.92. The first-order chi connectivity index (χ1) is 5.60. The van der Waals surface area contributed by atoms with Crippen molar-refractivity contribution in [3.63, 3.8) is 0 Å². The zero-order valence-corrected chi connectivity index (χ0v) is 11.2. The number of rotatable bonds is 6. The molecule has 12 heavy (non-hydrogen) atoms. The zero-order valence-electron chi connectivity index (χ0n) is 8.07. The second-order valence-electron chi connectivity index (χ2n) is 3.80. The average molecular weight is 302 g/mol. The topological polar surface area (TPSA) is 9.23 Å². The Bertz CT molecular complexity index is 111. The molecule has 0 saturated carbocycles. The van der Waals surface area contributed by atoms with Crippen molar-refractivity contribution in [3.8, 4) is 0 Å². The van der Waals surface area contributed by atoms with Gasteiger partial charge in [0.25, 0.3) is 0 Å². The molecule has 0 spiro atoms. The number of hydrogen-bond donors (Lipinski definition) is 0. The van der Waals surface area contributed by atoms with Crippen LogP contribution in [0.2, 0.25) is 0 Å². The fourth-order valence-electron chi connectivity index (χ4n) is 1.45. The normalized spacial score (nSPS) is 12.5. The summed E-state index contributed by atoms with van der Waals surface area (Å²) in [6.45, 7) is 5.31. The standard InChI is InChI=1S/C9H18Br2O/c1-8(2)4-9(5-10,6-11)7-12-3/h8H,4-7H2,1-3H3. The van der Waals surface area contributed by atoms with Gasteiger partial charge >= 0.3 is 0 Å². The molecule has 0 fully saturated rings. The minimum absolute atomic E-state index is 0.267. The Hall–Kier alpha value is 0.920. The van der Waals surface area contributed by atoms with E-state index in [2.05, 4.69) is 45.7 Å². The van der Waals surface area contributed by atoms with Gasteiger partial charge in [-0.2, -0.15) is 0 Å². The molecule has 0 saturated heterocycles. The van der Waals surface area contributed by atoms with Crippen LogP contribution in [0.25, 0.3) is 0 Å². The minimum atomic E-state index is 0.267. The van der Waals surface area contributed by atoms with E-state index < -0.39 is 0 Å². The monoisotopic (exact) mass is 300 g/mol. The second kappa shape index (κ2) is 6.39. The summed E-state index contributed by atoms with van der Waals surface area (Å²) in [5, 5.41) is 1.99. The molecule has 0 aromatic heterocycles. The van der Waals surface area contributed by atoms with Gasteiger partial charge in [0, 0.05) is 23.2 Å². The van der Waals surface area contributed by atoms with Crippen LogP contribution in [0.1, 0.15) is 20.3 Å². The highest BCUT2D eigenvalue weighted by Crippen LogP contribution is 2.31. The van der Waals surface area contributed by atoms with Crippen molar-refractivity contribution in [1.82, 2.24) is 0 Å². The molecule has 0 aromatic carbocycles. The number of methoxy groups -OCH3 is 1. The Morgan fingerprint density at radius 2 is 1.75 bits per heavy atom. The molecule has 0 N–H and O–H groups in total. The van der Waals surface area contributed by atoms with Gasteiger partial charge in [-0.15, -0.1) is 0 Å². The van der Waals surface area contributed by atoms with Crippen molar-refractivity contribution in [3.05, 3.63) is 0 Å². The predicted molar refractivity (Wildman–Crippen MR) is 61.4 cm³/mol. The van der Waals surface area contributed by atoms with Gasteiger partial charge in [0.2, 0.25) is 0 Å². The van der Waals surface area contributed by atoms with Gasteiger partial charge in [-0.05, 0) is 12.3 Å². The highest BCUT2D eigenvalue weighted by atomic mass is 79.9. The van der Waals surface area contributed by atoms with Crippen molar-refractivity contribution >= 4 is 31.9 Å². The molecule has 0 bridgehead atoms. The van der Waals surface area contributed by atoms with Crippen molar-refractivity contribution in [2.45, 2.75) is 20.3 Å². The first-order valence-electron chi connectivity index (χ1n) is 4.21. The summed E-state index contributed by atoms with van der Waals surface area (Å²) in [4.78, 5) is 0. The molecule has 0 aliphatic rings. The third kappa shape index (κ3) is 4.24. The fraction of sp³-hybridized carbons (Fsp3) is 1.00. The maximum Gasteiger partial charge on any atom is 0.0534 e. The van der Waals surface area contributed by atoms with Gasteiger partial charge < -0.3 is 4.74 Å². The van der Waals surface area contributed by atoms with E-state index in [9.17, 15) is 0 Å². The van der Waals surface area contributed by atoms with Crippen molar-refractivity contribution in [2.75, 3.05) is 24.4 Å². The summed E-state index contributed by atoms with van der Waals surface area (Å²) in [6.07, 6.45) is 1.19. The SMILES string of the molecule is COCC(CBr)(CBr)CC(C)C. The molecule has 0 unspecified atom stereocenters. The molecule has 0 atom stereocenters. The molecular weight excluding hydrogens is 284 g/mol. The largest absolute Gasteiger partial charge is 0.384 e. The van der Waals surface area contributed by atoms with Crippen LogP contribution >= 0.6 is 31.9 Å². The summed E-state index contributed by atoms with van der Waals surface area (Å²) in [6, 6.07) is 0. The van der Waals surface area contributed by atoms with Crippen LogP contribution in [0.3, 0.4) is 0 Å². The van der Waals surface area contributed by atoms with E-state index in [1.165, 1.54) is 6.42 Å². The summed E-state index contributed by atoms with van der Waals surface area (Å²) in [5.74, 6) is 0.718. The van der Waals surface area contributed by atoms with Crippen LogP contribution in [0.4, 0.5) is 0 Å². The molecule has 1 nitrogen and oxygen atoms in total. The number of halogens is 2. The lowest BCUT2D eigenvalue weighted by Gasteiger charge is -2.30. The molecule has 0 heterocycles. The molecule has 0 radical (unpaired) electrons. The molecule has 0 aliphatic heterocycles. The van der Waals surface area contributed by atoms with Crippen LogP contribution in [-0.2, 0) is 4.74 Å². The van der Waals surface area contributed by atoms with Crippen LogP contribution in [0.15, 0.2) is 0 Å². The lowest BCUT2D eigenvalue weighted by molar-refractivity contribution is 0.0970. The highest BCUT2D eigenvalue weighted by molar-refractivity contribution is 9.09. The van der Waals surface area contributed by atoms with E-state index in [-0.39, 0.29) is 5.41 Å². The third-order valence-corrected chi connectivity index (χ3v) is 4.24. The Morgan fingerprint density at radius 3 is 2.00 bits per heavy atom. The lowest BCUT2D eigenvalue weighted by atomic mass is 9.85. The maximum atomic E-state index is 5.23. The minimum Gasteiger partial charge on any atom is -0.384 e. The molecule has 0 aliphatic carbocycles. The molecular formula is C9H18Br2O. The number of hydrogen-bond acceptors (Lipinski definition) is 1. The third-order valence-electron chi connectivity index (χ3n) is 1.86. The van der Waals surface area contributed by atoms with Crippen LogP contribution in [0, 0.1) is 11.3 Å².